The number of carbonyl (C=O) groups excluding carboxylic acids is 1. The normalized spacial score (nSPS) is 24.4. The van der Waals surface area contributed by atoms with E-state index in [0.717, 1.165) is 74.7 Å². The quantitative estimate of drug-likeness (QED) is 0.0728. The van der Waals surface area contributed by atoms with Crippen LogP contribution < -0.4 is 20.3 Å². The van der Waals surface area contributed by atoms with Crippen LogP contribution in [0.5, 0.6) is 0 Å². The summed E-state index contributed by atoms with van der Waals surface area (Å²) in [6.07, 6.45) is -0.380. The number of benzene rings is 3. The number of alkyl halides is 6. The summed E-state index contributed by atoms with van der Waals surface area (Å²) in [4.78, 5) is 18.8. The molecular weight excluding hydrogens is 939 g/mol. The van der Waals surface area contributed by atoms with E-state index in [2.05, 4.69) is 39.2 Å². The maximum atomic E-state index is 14.2. The summed E-state index contributed by atoms with van der Waals surface area (Å²) < 4.78 is 139. The van der Waals surface area contributed by atoms with E-state index in [0.29, 0.717) is 51.0 Å². The number of sulfone groups is 1. The van der Waals surface area contributed by atoms with E-state index in [-0.39, 0.29) is 35.7 Å². The summed E-state index contributed by atoms with van der Waals surface area (Å²) in [7, 11) is -10.9. The van der Waals surface area contributed by atoms with Crippen molar-refractivity contribution in [1.82, 2.24) is 19.8 Å². The Morgan fingerprint density at radius 1 is 0.836 bits per heavy atom. The fourth-order valence-corrected chi connectivity index (χ4v) is 13.5. The first-order valence-electron chi connectivity index (χ1n) is 22.7. The van der Waals surface area contributed by atoms with Gasteiger partial charge in [0.15, 0.2) is 0 Å². The number of rotatable bonds is 16. The molecule has 6 aliphatic rings. The molecule has 67 heavy (non-hydrogen) atoms. The molecule has 9 rings (SSSR count). The number of anilines is 2. The van der Waals surface area contributed by atoms with Gasteiger partial charge in [0.2, 0.25) is 0 Å². The van der Waals surface area contributed by atoms with E-state index in [1.807, 2.05) is 35.1 Å². The molecule has 11 nitrogen and oxygen atoms in total. The lowest BCUT2D eigenvalue weighted by Gasteiger charge is -2.72. The van der Waals surface area contributed by atoms with Gasteiger partial charge in [-0.1, -0.05) is 43.2 Å². The SMILES string of the molecule is CC1(C)CCC(CN2CCN(c3ccc(C(=O)NS(=O)(=O)c4ccc(NC(CCN5CCNCC5)CSc5ccccc5)c(S(=O)(=O)C(F)(F)F)c4)cc3)CC2)=C(C23CC(C(F)(F)F)(C2)C3)C1. The Hall–Kier alpha value is -3.82. The van der Waals surface area contributed by atoms with Crippen molar-refractivity contribution in [1.29, 1.82) is 0 Å². The molecule has 1 atom stereocenters. The Morgan fingerprint density at radius 3 is 2.12 bits per heavy atom. The van der Waals surface area contributed by atoms with Gasteiger partial charge in [-0.2, -0.15) is 26.3 Å². The largest absolute Gasteiger partial charge is 0.501 e. The highest BCUT2D eigenvalue weighted by molar-refractivity contribution is 7.99. The molecule has 366 valence electrons. The molecule has 3 aromatic rings. The van der Waals surface area contributed by atoms with Crippen LogP contribution in [0.15, 0.2) is 98.6 Å². The zero-order valence-corrected chi connectivity index (χ0v) is 40.1. The lowest BCUT2D eigenvalue weighted by molar-refractivity contribution is -0.353. The van der Waals surface area contributed by atoms with Crippen LogP contribution in [-0.4, -0.2) is 121 Å². The van der Waals surface area contributed by atoms with Crippen LogP contribution in [0.2, 0.25) is 0 Å². The number of carbonyl (C=O) groups is 1. The average Bonchev–Trinajstić information content (AvgIpc) is 3.24. The van der Waals surface area contributed by atoms with Crippen LogP contribution in [-0.2, 0) is 19.9 Å². The summed E-state index contributed by atoms with van der Waals surface area (Å²) in [5, 5.41) is 6.26. The van der Waals surface area contributed by atoms with Crippen LogP contribution in [0.3, 0.4) is 0 Å². The number of thioether (sulfide) groups is 1. The van der Waals surface area contributed by atoms with Gasteiger partial charge in [0.05, 0.1) is 16.0 Å². The van der Waals surface area contributed by atoms with Gasteiger partial charge in [-0.05, 0) is 110 Å². The first kappa shape index (κ1) is 49.6. The maximum Gasteiger partial charge on any atom is 0.501 e. The van der Waals surface area contributed by atoms with Crippen molar-refractivity contribution >= 4 is 48.9 Å². The predicted octanol–water partition coefficient (Wildman–Crippen LogP) is 8.33. The molecule has 0 aromatic heterocycles. The highest BCUT2D eigenvalue weighted by Crippen LogP contribution is 2.82. The molecule has 2 bridgehead atoms. The Bertz CT molecular complexity index is 2520. The molecule has 3 aromatic carbocycles. The lowest BCUT2D eigenvalue weighted by Crippen LogP contribution is -2.69. The number of amides is 1. The standard InChI is InChI=1S/C47H58F6N6O5S3/c1-43(2)16-14-34(39(27-43)44-30-45(31-44,32-44)46(48,49)50)28-58-22-24-59(25-23-58)36-10-8-33(9-11-36)42(60)56-67(63,64)38-12-13-40(41(26-38)66(61,62)47(51,52)53)55-35(15-19-57-20-17-54-18-21-57)29-65-37-6-4-3-5-7-37/h3-13,26,35,54-55H,14-25,27-32H2,1-2H3,(H,56,60). The molecule has 1 amide bonds. The number of halogens is 6. The molecule has 0 radical (unpaired) electrons. The second-order valence-electron chi connectivity index (χ2n) is 19.7. The van der Waals surface area contributed by atoms with E-state index in [9.17, 15) is 48.0 Å². The van der Waals surface area contributed by atoms with Gasteiger partial charge in [-0.25, -0.2) is 21.6 Å². The zero-order chi connectivity index (χ0) is 48.0. The molecular formula is C47H58F6N6O5S3. The number of nitrogens with one attached hydrogen (secondary N) is 3. The minimum absolute atomic E-state index is 0.0452. The van der Waals surface area contributed by atoms with Crippen molar-refractivity contribution in [3.05, 3.63) is 89.5 Å². The first-order valence-corrected chi connectivity index (χ1v) is 26.7. The van der Waals surface area contributed by atoms with Crippen molar-refractivity contribution in [3.63, 3.8) is 0 Å². The number of nitrogens with zero attached hydrogens (tertiary/aromatic N) is 3. The third-order valence-corrected chi connectivity index (χ3v) is 18.4. The molecule has 2 saturated heterocycles. The fourth-order valence-electron chi connectivity index (χ4n) is 10.5. The van der Waals surface area contributed by atoms with Crippen molar-refractivity contribution < 1.29 is 48.0 Å². The van der Waals surface area contributed by atoms with Crippen LogP contribution >= 0.6 is 11.8 Å². The third kappa shape index (κ3) is 10.7. The van der Waals surface area contributed by atoms with Crippen LogP contribution in [0.4, 0.5) is 37.7 Å². The van der Waals surface area contributed by atoms with Gasteiger partial charge in [0.1, 0.15) is 4.90 Å². The smallest absolute Gasteiger partial charge is 0.380 e. The molecule has 2 aliphatic heterocycles. The topological polar surface area (TPSA) is 131 Å². The molecule has 5 fully saturated rings. The van der Waals surface area contributed by atoms with Crippen LogP contribution in [0.1, 0.15) is 69.2 Å². The number of hydrogen-bond donors (Lipinski definition) is 3. The van der Waals surface area contributed by atoms with Gasteiger partial charge in [-0.3, -0.25) is 9.69 Å². The Labute approximate surface area is 393 Å². The minimum atomic E-state index is -6.07. The minimum Gasteiger partial charge on any atom is -0.380 e. The lowest BCUT2D eigenvalue weighted by atomic mass is 9.31. The number of allylic oxidation sites excluding steroid dienone is 1. The Balaban J connectivity index is 0.915. The van der Waals surface area contributed by atoms with Gasteiger partial charge < -0.3 is 20.4 Å². The number of hydrogen-bond acceptors (Lipinski definition) is 11. The van der Waals surface area contributed by atoms with Gasteiger partial charge in [0, 0.05) is 93.4 Å². The Morgan fingerprint density at radius 2 is 1.49 bits per heavy atom. The van der Waals surface area contributed by atoms with Crippen molar-refractivity contribution in [2.24, 2.45) is 16.2 Å². The summed E-state index contributed by atoms with van der Waals surface area (Å²) in [5.41, 5.74) is -4.65. The predicted molar refractivity (Wildman–Crippen MR) is 247 cm³/mol. The van der Waals surface area contributed by atoms with Crippen LogP contribution in [0, 0.1) is 16.2 Å². The molecule has 0 spiro atoms. The second-order valence-corrected chi connectivity index (χ2v) is 24.4. The summed E-state index contributed by atoms with van der Waals surface area (Å²) in [6.45, 7) is 11.5. The molecule has 20 heteroatoms. The molecule has 3 saturated carbocycles. The van der Waals surface area contributed by atoms with E-state index >= 15 is 0 Å². The monoisotopic (exact) mass is 996 g/mol. The highest BCUT2D eigenvalue weighted by atomic mass is 32.2. The highest BCUT2D eigenvalue weighted by Gasteiger charge is 2.79. The summed E-state index contributed by atoms with van der Waals surface area (Å²) >= 11 is 1.44. The molecule has 3 N–H and O–H groups in total. The van der Waals surface area contributed by atoms with Gasteiger partial charge in [-0.15, -0.1) is 11.8 Å². The number of piperazine rings is 2. The van der Waals surface area contributed by atoms with E-state index in [1.54, 1.807) is 12.1 Å². The molecule has 2 heterocycles. The molecule has 1 unspecified atom stereocenters. The Kier molecular flexibility index (Phi) is 13.9. The summed E-state index contributed by atoms with van der Waals surface area (Å²) in [5.74, 6) is -0.695. The van der Waals surface area contributed by atoms with Gasteiger partial charge >= 0.3 is 11.7 Å². The van der Waals surface area contributed by atoms with Crippen molar-refractivity contribution in [2.45, 2.75) is 91.2 Å². The maximum absolute atomic E-state index is 14.2. The summed E-state index contributed by atoms with van der Waals surface area (Å²) in [6, 6.07) is 17.4. The van der Waals surface area contributed by atoms with E-state index < -0.39 is 64.4 Å². The van der Waals surface area contributed by atoms with Crippen LogP contribution in [0.25, 0.3) is 0 Å². The second kappa shape index (κ2) is 18.8. The van der Waals surface area contributed by atoms with Crippen molar-refractivity contribution in [2.75, 3.05) is 81.4 Å². The molecule has 4 aliphatic carbocycles. The third-order valence-electron chi connectivity index (χ3n) is 14.4. The fraction of sp³-hybridized carbons (Fsp3) is 0.553. The first-order chi connectivity index (χ1) is 31.5. The van der Waals surface area contributed by atoms with E-state index in [1.165, 1.54) is 35.0 Å². The number of sulfonamides is 1. The average molecular weight is 997 g/mol. The van der Waals surface area contributed by atoms with Crippen molar-refractivity contribution in [3.8, 4) is 0 Å². The zero-order valence-electron chi connectivity index (χ0n) is 37.6. The van der Waals surface area contributed by atoms with E-state index in [4.69, 9.17) is 0 Å². The van der Waals surface area contributed by atoms with Gasteiger partial charge in [0.25, 0.3) is 25.8 Å².